The quantitative estimate of drug-likeness (QED) is 0.351. The van der Waals surface area contributed by atoms with Gasteiger partial charge < -0.3 is 4.74 Å². The maximum Gasteiger partial charge on any atom is 0.335 e. The lowest BCUT2D eigenvalue weighted by molar-refractivity contribution is -0.122. The zero-order valence-corrected chi connectivity index (χ0v) is 20.6. The van der Waals surface area contributed by atoms with Crippen molar-refractivity contribution in [1.82, 2.24) is 5.32 Å². The van der Waals surface area contributed by atoms with Crippen LogP contribution in [0.4, 0.5) is 10.5 Å². The van der Waals surface area contributed by atoms with Crippen LogP contribution >= 0.6 is 15.9 Å². The lowest BCUT2D eigenvalue weighted by atomic mass is 10.1. The molecule has 1 N–H and O–H groups in total. The standard InChI is InChI=1S/C27H23BrN2O4/c1-16-4-7-19(8-5-16)15-34-24-11-9-20(14-23(24)28)13-22-25(31)29-27(33)30(26(22)32)21-10-6-17(2)18(3)12-21/h4-14H,15H2,1-3H3,(H,29,31,33)/b22-13+. The highest BCUT2D eigenvalue weighted by molar-refractivity contribution is 9.10. The van der Waals surface area contributed by atoms with E-state index in [0.717, 1.165) is 21.6 Å². The van der Waals surface area contributed by atoms with Gasteiger partial charge >= 0.3 is 6.03 Å². The molecule has 6 nitrogen and oxygen atoms in total. The number of amides is 4. The average Bonchev–Trinajstić information content (AvgIpc) is 2.79. The van der Waals surface area contributed by atoms with Gasteiger partial charge in [0.15, 0.2) is 0 Å². The molecule has 34 heavy (non-hydrogen) atoms. The first-order valence-electron chi connectivity index (χ1n) is 10.7. The van der Waals surface area contributed by atoms with E-state index in [1.54, 1.807) is 30.3 Å². The Kier molecular flexibility index (Phi) is 6.65. The van der Waals surface area contributed by atoms with Gasteiger partial charge in [-0.05, 0) is 89.3 Å². The SMILES string of the molecule is Cc1ccc(COc2ccc(/C=C3\C(=O)NC(=O)N(c4ccc(C)c(C)c4)C3=O)cc2Br)cc1. The summed E-state index contributed by atoms with van der Waals surface area (Å²) in [6, 6.07) is 17.9. The highest BCUT2D eigenvalue weighted by Gasteiger charge is 2.36. The summed E-state index contributed by atoms with van der Waals surface area (Å²) in [5, 5.41) is 2.25. The average molecular weight is 519 g/mol. The Morgan fingerprint density at radius 3 is 2.32 bits per heavy atom. The zero-order valence-electron chi connectivity index (χ0n) is 19.0. The van der Waals surface area contributed by atoms with Crippen LogP contribution in [0.5, 0.6) is 5.75 Å². The molecule has 172 valence electrons. The van der Waals surface area contributed by atoms with Crippen LogP contribution in [-0.4, -0.2) is 17.8 Å². The van der Waals surface area contributed by atoms with Crippen molar-refractivity contribution in [3.05, 3.63) is 98.5 Å². The number of hydrogen-bond donors (Lipinski definition) is 1. The second kappa shape index (κ2) is 9.65. The predicted octanol–water partition coefficient (Wildman–Crippen LogP) is 5.62. The molecule has 3 aromatic rings. The lowest BCUT2D eigenvalue weighted by Gasteiger charge is -2.26. The van der Waals surface area contributed by atoms with E-state index in [1.165, 1.54) is 11.6 Å². The Balaban J connectivity index is 1.56. The first-order valence-corrected chi connectivity index (χ1v) is 11.5. The summed E-state index contributed by atoms with van der Waals surface area (Å²) < 4.78 is 6.57. The van der Waals surface area contributed by atoms with Crippen LogP contribution < -0.4 is 15.0 Å². The summed E-state index contributed by atoms with van der Waals surface area (Å²) in [5.41, 5.74) is 5.09. The van der Waals surface area contributed by atoms with Gasteiger partial charge in [0.2, 0.25) is 0 Å². The number of benzene rings is 3. The van der Waals surface area contributed by atoms with Crippen molar-refractivity contribution in [3.63, 3.8) is 0 Å². The normalized spacial score (nSPS) is 15.0. The van der Waals surface area contributed by atoms with Crippen molar-refractivity contribution in [2.75, 3.05) is 4.90 Å². The maximum atomic E-state index is 13.1. The van der Waals surface area contributed by atoms with Crippen molar-refractivity contribution in [2.45, 2.75) is 27.4 Å². The molecule has 3 aromatic carbocycles. The third-order valence-corrected chi connectivity index (χ3v) is 6.25. The molecule has 0 aliphatic carbocycles. The molecule has 1 saturated heterocycles. The number of barbiturate groups is 1. The summed E-state index contributed by atoms with van der Waals surface area (Å²) in [5.74, 6) is -0.771. The molecule has 1 aliphatic rings. The molecule has 0 atom stereocenters. The van der Waals surface area contributed by atoms with Crippen LogP contribution in [0.1, 0.15) is 27.8 Å². The van der Waals surface area contributed by atoms with Gasteiger partial charge in [0.05, 0.1) is 10.2 Å². The molecule has 1 aliphatic heterocycles. The fraction of sp³-hybridized carbons (Fsp3) is 0.148. The fourth-order valence-electron chi connectivity index (χ4n) is 3.49. The van der Waals surface area contributed by atoms with Gasteiger partial charge in [-0.2, -0.15) is 0 Å². The molecule has 0 bridgehead atoms. The van der Waals surface area contributed by atoms with Crippen LogP contribution in [0.15, 0.2) is 70.7 Å². The number of halogens is 1. The third kappa shape index (κ3) is 4.94. The van der Waals surface area contributed by atoms with Gasteiger partial charge in [-0.15, -0.1) is 0 Å². The summed E-state index contributed by atoms with van der Waals surface area (Å²) >= 11 is 3.50. The molecular weight excluding hydrogens is 496 g/mol. The first kappa shape index (κ1) is 23.4. The van der Waals surface area contributed by atoms with Gasteiger partial charge in [-0.1, -0.05) is 42.0 Å². The second-order valence-electron chi connectivity index (χ2n) is 8.19. The van der Waals surface area contributed by atoms with Crippen molar-refractivity contribution in [1.29, 1.82) is 0 Å². The van der Waals surface area contributed by atoms with Crippen LogP contribution in [-0.2, 0) is 16.2 Å². The van der Waals surface area contributed by atoms with E-state index in [0.29, 0.717) is 28.1 Å². The largest absolute Gasteiger partial charge is 0.488 e. The van der Waals surface area contributed by atoms with Gasteiger partial charge in [0.1, 0.15) is 17.9 Å². The number of ether oxygens (including phenoxy) is 1. The topological polar surface area (TPSA) is 75.7 Å². The van der Waals surface area contributed by atoms with E-state index >= 15 is 0 Å². The van der Waals surface area contributed by atoms with E-state index in [2.05, 4.69) is 21.2 Å². The number of carbonyl (C=O) groups is 3. The van der Waals surface area contributed by atoms with Crippen molar-refractivity contribution >= 4 is 45.5 Å². The number of hydrogen-bond acceptors (Lipinski definition) is 4. The lowest BCUT2D eigenvalue weighted by Crippen LogP contribution is -2.54. The molecule has 4 rings (SSSR count). The summed E-state index contributed by atoms with van der Waals surface area (Å²) in [7, 11) is 0. The number of carbonyl (C=O) groups excluding carboxylic acids is 3. The summed E-state index contributed by atoms with van der Waals surface area (Å²) in [4.78, 5) is 39.0. The Hall–Kier alpha value is -3.71. The Labute approximate surface area is 206 Å². The van der Waals surface area contributed by atoms with Crippen LogP contribution in [0, 0.1) is 20.8 Å². The number of rotatable bonds is 5. The van der Waals surface area contributed by atoms with Crippen LogP contribution in [0.3, 0.4) is 0 Å². The predicted molar refractivity (Wildman–Crippen MR) is 135 cm³/mol. The minimum atomic E-state index is -0.767. The summed E-state index contributed by atoms with van der Waals surface area (Å²) in [6.45, 7) is 6.28. The Morgan fingerprint density at radius 2 is 1.65 bits per heavy atom. The number of anilines is 1. The first-order chi connectivity index (χ1) is 16.2. The summed E-state index contributed by atoms with van der Waals surface area (Å²) in [6.07, 6.45) is 1.46. The van der Waals surface area contributed by atoms with E-state index in [4.69, 9.17) is 4.74 Å². The van der Waals surface area contributed by atoms with Gasteiger partial charge in [0.25, 0.3) is 11.8 Å². The highest BCUT2D eigenvalue weighted by atomic mass is 79.9. The molecule has 0 saturated carbocycles. The minimum absolute atomic E-state index is 0.127. The molecular formula is C27H23BrN2O4. The number of nitrogens with one attached hydrogen (secondary N) is 1. The monoisotopic (exact) mass is 518 g/mol. The van der Waals surface area contributed by atoms with Crippen molar-refractivity contribution < 1.29 is 19.1 Å². The molecule has 0 radical (unpaired) electrons. The molecule has 0 unspecified atom stereocenters. The molecule has 1 fully saturated rings. The van der Waals surface area contributed by atoms with Gasteiger partial charge in [-0.3, -0.25) is 14.9 Å². The number of nitrogens with zero attached hydrogens (tertiary/aromatic N) is 1. The fourth-order valence-corrected chi connectivity index (χ4v) is 4.00. The highest BCUT2D eigenvalue weighted by Crippen LogP contribution is 2.29. The molecule has 0 aromatic heterocycles. The maximum absolute atomic E-state index is 13.1. The van der Waals surface area contributed by atoms with Crippen LogP contribution in [0.25, 0.3) is 6.08 Å². The minimum Gasteiger partial charge on any atom is -0.488 e. The van der Waals surface area contributed by atoms with Gasteiger partial charge in [-0.25, -0.2) is 9.69 Å². The van der Waals surface area contributed by atoms with Crippen molar-refractivity contribution in [2.24, 2.45) is 0 Å². The molecule has 7 heteroatoms. The Morgan fingerprint density at radius 1 is 0.912 bits per heavy atom. The molecule has 4 amide bonds. The van der Waals surface area contributed by atoms with E-state index < -0.39 is 17.8 Å². The third-order valence-electron chi connectivity index (χ3n) is 5.63. The van der Waals surface area contributed by atoms with Crippen LogP contribution in [0.2, 0.25) is 0 Å². The van der Waals surface area contributed by atoms with E-state index in [-0.39, 0.29) is 5.57 Å². The smallest absolute Gasteiger partial charge is 0.335 e. The van der Waals surface area contributed by atoms with Gasteiger partial charge in [0, 0.05) is 0 Å². The van der Waals surface area contributed by atoms with Crippen molar-refractivity contribution in [3.8, 4) is 5.75 Å². The van der Waals surface area contributed by atoms with E-state index in [9.17, 15) is 14.4 Å². The zero-order chi connectivity index (χ0) is 24.4. The van der Waals surface area contributed by atoms with E-state index in [1.807, 2.05) is 51.1 Å². The second-order valence-corrected chi connectivity index (χ2v) is 9.04. The molecule has 0 spiro atoms. The Bertz CT molecular complexity index is 1330. The number of aryl methyl sites for hydroxylation is 3. The number of urea groups is 1. The number of imide groups is 2. The molecule has 1 heterocycles.